The Bertz CT molecular complexity index is 824. The molecule has 0 amide bonds. The summed E-state index contributed by atoms with van der Waals surface area (Å²) in [6, 6.07) is 0. The van der Waals surface area contributed by atoms with Gasteiger partial charge in [0, 0.05) is 19.3 Å². The van der Waals surface area contributed by atoms with E-state index >= 15 is 0 Å². The van der Waals surface area contributed by atoms with Crippen LogP contribution in [0.4, 0.5) is 0 Å². The average molecular weight is 765 g/mol. The third-order valence-electron chi connectivity index (χ3n) is 10.7. The van der Waals surface area contributed by atoms with Crippen molar-refractivity contribution >= 4 is 17.9 Å². The summed E-state index contributed by atoms with van der Waals surface area (Å²) in [4.78, 5) is 37.7. The van der Waals surface area contributed by atoms with Crippen LogP contribution in [0.3, 0.4) is 0 Å². The molecule has 0 aliphatic carbocycles. The Morgan fingerprint density at radius 3 is 0.907 bits per heavy atom. The standard InChI is InChI=1S/C48H92O6/c1-6-7-8-9-10-11-12-13-16-19-22-28-33-38-46(49)52-41-45(54-48(51)40-35-30-25-24-27-32-37-44(4)5)42-53-47(50)39-34-29-23-20-17-14-15-18-21-26-31-36-43(2)3/h43-45H,6-42H2,1-5H3/t45-/m0/s1. The predicted molar refractivity (Wildman–Crippen MR) is 229 cm³/mol. The number of hydrogen-bond acceptors (Lipinski definition) is 6. The van der Waals surface area contributed by atoms with E-state index in [0.717, 1.165) is 69.6 Å². The Hall–Kier alpha value is -1.59. The predicted octanol–water partition coefficient (Wildman–Crippen LogP) is 15.0. The van der Waals surface area contributed by atoms with E-state index in [0.29, 0.717) is 19.3 Å². The molecule has 0 radical (unpaired) electrons. The van der Waals surface area contributed by atoms with Crippen LogP contribution >= 0.6 is 0 Å². The molecule has 0 heterocycles. The van der Waals surface area contributed by atoms with Gasteiger partial charge < -0.3 is 14.2 Å². The van der Waals surface area contributed by atoms with E-state index < -0.39 is 6.10 Å². The molecule has 0 saturated heterocycles. The number of carbonyl (C=O) groups excluding carboxylic acids is 3. The molecule has 0 saturated carbocycles. The molecule has 0 bridgehead atoms. The Morgan fingerprint density at radius 2 is 0.611 bits per heavy atom. The fourth-order valence-corrected chi connectivity index (χ4v) is 7.11. The SMILES string of the molecule is CCCCCCCCCCCCCCCC(=O)OC[C@@H](COC(=O)CCCCCCCCCCCCCC(C)C)OC(=O)CCCCCCCCC(C)C. The molecule has 0 N–H and O–H groups in total. The molecule has 6 nitrogen and oxygen atoms in total. The maximum absolute atomic E-state index is 12.7. The third kappa shape index (κ3) is 41.6. The minimum absolute atomic E-state index is 0.0654. The number of unbranched alkanes of at least 4 members (excludes halogenated alkanes) is 27. The van der Waals surface area contributed by atoms with Crippen molar-refractivity contribution in [2.75, 3.05) is 13.2 Å². The summed E-state index contributed by atoms with van der Waals surface area (Å²) in [5.41, 5.74) is 0. The molecule has 0 unspecified atom stereocenters. The summed E-state index contributed by atoms with van der Waals surface area (Å²) in [5.74, 6) is 0.726. The summed E-state index contributed by atoms with van der Waals surface area (Å²) in [5, 5.41) is 0. The van der Waals surface area contributed by atoms with Crippen molar-refractivity contribution in [2.45, 2.75) is 265 Å². The first-order valence-electron chi connectivity index (χ1n) is 23.7. The van der Waals surface area contributed by atoms with Crippen LogP contribution < -0.4 is 0 Å². The van der Waals surface area contributed by atoms with Crippen LogP contribution in [0, 0.1) is 11.8 Å². The van der Waals surface area contributed by atoms with Crippen molar-refractivity contribution in [3.8, 4) is 0 Å². The van der Waals surface area contributed by atoms with Gasteiger partial charge in [-0.15, -0.1) is 0 Å². The van der Waals surface area contributed by atoms with Crippen LogP contribution in [0.25, 0.3) is 0 Å². The summed E-state index contributed by atoms with van der Waals surface area (Å²) in [6.07, 6.45) is 39.6. The van der Waals surface area contributed by atoms with Crippen LogP contribution in [0.2, 0.25) is 0 Å². The number of carbonyl (C=O) groups is 3. The molecule has 0 aliphatic rings. The van der Waals surface area contributed by atoms with Gasteiger partial charge in [0.2, 0.25) is 0 Å². The number of esters is 3. The van der Waals surface area contributed by atoms with E-state index in [1.54, 1.807) is 0 Å². The highest BCUT2D eigenvalue weighted by Crippen LogP contribution is 2.17. The molecule has 0 aromatic heterocycles. The smallest absolute Gasteiger partial charge is 0.306 e. The zero-order valence-electron chi connectivity index (χ0n) is 36.8. The van der Waals surface area contributed by atoms with Gasteiger partial charge in [-0.1, -0.05) is 221 Å². The van der Waals surface area contributed by atoms with Crippen molar-refractivity contribution in [3.05, 3.63) is 0 Å². The maximum atomic E-state index is 12.7. The van der Waals surface area contributed by atoms with Gasteiger partial charge in [-0.25, -0.2) is 0 Å². The zero-order chi connectivity index (χ0) is 39.7. The second-order valence-electron chi connectivity index (χ2n) is 17.3. The topological polar surface area (TPSA) is 78.9 Å². The van der Waals surface area contributed by atoms with Crippen molar-refractivity contribution < 1.29 is 28.6 Å². The largest absolute Gasteiger partial charge is 0.462 e. The molecular formula is C48H92O6. The fourth-order valence-electron chi connectivity index (χ4n) is 7.11. The van der Waals surface area contributed by atoms with Gasteiger partial charge in [0.05, 0.1) is 0 Å². The molecule has 0 rings (SSSR count). The van der Waals surface area contributed by atoms with E-state index in [9.17, 15) is 14.4 Å². The number of ether oxygens (including phenoxy) is 3. The number of hydrogen-bond donors (Lipinski definition) is 0. The molecule has 6 heteroatoms. The number of rotatable bonds is 42. The molecule has 54 heavy (non-hydrogen) atoms. The van der Waals surface area contributed by atoms with Crippen LogP contribution in [-0.2, 0) is 28.6 Å². The Labute approximate surface area is 336 Å². The first kappa shape index (κ1) is 52.4. The lowest BCUT2D eigenvalue weighted by Gasteiger charge is -2.18. The molecule has 0 spiro atoms. The minimum atomic E-state index is -0.761. The normalized spacial score (nSPS) is 12.1. The Balaban J connectivity index is 4.29. The van der Waals surface area contributed by atoms with E-state index in [1.165, 1.54) is 148 Å². The highest BCUT2D eigenvalue weighted by molar-refractivity contribution is 5.71. The van der Waals surface area contributed by atoms with Crippen LogP contribution in [0.1, 0.15) is 259 Å². The lowest BCUT2D eigenvalue weighted by Crippen LogP contribution is -2.30. The van der Waals surface area contributed by atoms with E-state index in [4.69, 9.17) is 14.2 Å². The van der Waals surface area contributed by atoms with Crippen LogP contribution in [0.5, 0.6) is 0 Å². The molecular weight excluding hydrogens is 673 g/mol. The third-order valence-corrected chi connectivity index (χ3v) is 10.7. The maximum Gasteiger partial charge on any atom is 0.306 e. The lowest BCUT2D eigenvalue weighted by atomic mass is 10.0. The molecule has 1 atom stereocenters. The first-order valence-corrected chi connectivity index (χ1v) is 23.7. The first-order chi connectivity index (χ1) is 26.2. The highest BCUT2D eigenvalue weighted by atomic mass is 16.6. The highest BCUT2D eigenvalue weighted by Gasteiger charge is 2.19. The molecule has 0 aromatic carbocycles. The second kappa shape index (κ2) is 41.1. The summed E-state index contributed by atoms with van der Waals surface area (Å²) in [7, 11) is 0. The van der Waals surface area contributed by atoms with Crippen LogP contribution in [0.15, 0.2) is 0 Å². The second-order valence-corrected chi connectivity index (χ2v) is 17.3. The van der Waals surface area contributed by atoms with Crippen molar-refractivity contribution in [1.82, 2.24) is 0 Å². The molecule has 0 aliphatic heterocycles. The van der Waals surface area contributed by atoms with Crippen molar-refractivity contribution in [3.63, 3.8) is 0 Å². The minimum Gasteiger partial charge on any atom is -0.462 e. The fraction of sp³-hybridized carbons (Fsp3) is 0.938. The summed E-state index contributed by atoms with van der Waals surface area (Å²) < 4.78 is 16.7. The molecule has 320 valence electrons. The monoisotopic (exact) mass is 765 g/mol. The van der Waals surface area contributed by atoms with E-state index in [-0.39, 0.29) is 31.1 Å². The van der Waals surface area contributed by atoms with Crippen molar-refractivity contribution in [2.24, 2.45) is 11.8 Å². The quantitative estimate of drug-likeness (QED) is 0.0350. The summed E-state index contributed by atoms with van der Waals surface area (Å²) >= 11 is 0. The van der Waals surface area contributed by atoms with E-state index in [2.05, 4.69) is 34.6 Å². The van der Waals surface area contributed by atoms with Gasteiger partial charge in [0.15, 0.2) is 6.10 Å². The van der Waals surface area contributed by atoms with E-state index in [1.807, 2.05) is 0 Å². The van der Waals surface area contributed by atoms with Gasteiger partial charge in [0.1, 0.15) is 13.2 Å². The Morgan fingerprint density at radius 1 is 0.352 bits per heavy atom. The summed E-state index contributed by atoms with van der Waals surface area (Å²) in [6.45, 7) is 11.3. The zero-order valence-corrected chi connectivity index (χ0v) is 36.8. The van der Waals surface area contributed by atoms with Gasteiger partial charge in [-0.05, 0) is 31.1 Å². The molecule has 0 fully saturated rings. The van der Waals surface area contributed by atoms with Crippen molar-refractivity contribution in [1.29, 1.82) is 0 Å². The van der Waals surface area contributed by atoms with Crippen LogP contribution in [-0.4, -0.2) is 37.2 Å². The van der Waals surface area contributed by atoms with Gasteiger partial charge in [-0.3, -0.25) is 14.4 Å². The average Bonchev–Trinajstić information content (AvgIpc) is 3.14. The van der Waals surface area contributed by atoms with Gasteiger partial charge in [0.25, 0.3) is 0 Å². The molecule has 0 aromatic rings. The Kier molecular flexibility index (Phi) is 39.8. The van der Waals surface area contributed by atoms with Gasteiger partial charge in [-0.2, -0.15) is 0 Å². The van der Waals surface area contributed by atoms with Gasteiger partial charge >= 0.3 is 17.9 Å². The lowest BCUT2D eigenvalue weighted by molar-refractivity contribution is -0.167.